The zero-order valence-corrected chi connectivity index (χ0v) is 18.1. The molecule has 0 spiro atoms. The maximum Gasteiger partial charge on any atom is 0.279 e. The summed E-state index contributed by atoms with van der Waals surface area (Å²) in [6.07, 6.45) is 4.50. The Morgan fingerprint density at radius 2 is 2.10 bits per heavy atom. The average molecular weight is 457 g/mol. The number of hydrogen-bond donors (Lipinski definition) is 2. The van der Waals surface area contributed by atoms with Crippen molar-refractivity contribution in [2.24, 2.45) is 0 Å². The van der Waals surface area contributed by atoms with Crippen molar-refractivity contribution in [2.45, 2.75) is 25.8 Å². The fourth-order valence-corrected chi connectivity index (χ4v) is 6.39. The molecule has 7 nitrogen and oxygen atoms in total. The number of amides is 2. The van der Waals surface area contributed by atoms with Gasteiger partial charge >= 0.3 is 0 Å². The van der Waals surface area contributed by atoms with Gasteiger partial charge in [0, 0.05) is 20.7 Å². The lowest BCUT2D eigenvalue weighted by molar-refractivity contribution is -0.122. The third kappa shape index (κ3) is 3.47. The number of hydrazine groups is 1. The van der Waals surface area contributed by atoms with Crippen LogP contribution in [0.2, 0.25) is 0 Å². The molecule has 4 aromatic rings. The van der Waals surface area contributed by atoms with Gasteiger partial charge in [0.15, 0.2) is 0 Å². The van der Waals surface area contributed by atoms with E-state index < -0.39 is 5.91 Å². The van der Waals surface area contributed by atoms with E-state index in [1.165, 1.54) is 44.0 Å². The highest BCUT2D eigenvalue weighted by molar-refractivity contribution is 7.18. The van der Waals surface area contributed by atoms with Crippen LogP contribution in [0, 0.1) is 0 Å². The Balaban J connectivity index is 1.30. The van der Waals surface area contributed by atoms with E-state index in [2.05, 4.69) is 15.8 Å². The van der Waals surface area contributed by atoms with Gasteiger partial charge < -0.3 is 0 Å². The molecule has 2 amide bonds. The van der Waals surface area contributed by atoms with Crippen molar-refractivity contribution >= 4 is 56.0 Å². The predicted molar refractivity (Wildman–Crippen MR) is 119 cm³/mol. The van der Waals surface area contributed by atoms with Crippen LogP contribution in [0.3, 0.4) is 0 Å². The highest BCUT2D eigenvalue weighted by Crippen LogP contribution is 2.33. The van der Waals surface area contributed by atoms with Gasteiger partial charge in [-0.3, -0.25) is 29.8 Å². The fraction of sp³-hybridized carbons (Fsp3) is 0.200. The van der Waals surface area contributed by atoms with Gasteiger partial charge in [-0.25, -0.2) is 4.98 Å². The molecule has 1 aliphatic carbocycles. The van der Waals surface area contributed by atoms with Crippen molar-refractivity contribution in [1.29, 1.82) is 0 Å². The number of aromatic nitrogens is 2. The minimum Gasteiger partial charge on any atom is -0.289 e. The maximum atomic E-state index is 12.9. The van der Waals surface area contributed by atoms with Crippen LogP contribution in [-0.2, 0) is 24.2 Å². The summed E-state index contributed by atoms with van der Waals surface area (Å²) in [5, 5.41) is 4.37. The molecular formula is C20H16N4O3S3. The molecule has 2 N–H and O–H groups in total. The van der Waals surface area contributed by atoms with E-state index in [4.69, 9.17) is 0 Å². The lowest BCUT2D eigenvalue weighted by Gasteiger charge is -2.08. The Bertz CT molecular complexity index is 1300. The molecule has 1 aliphatic rings. The first-order chi connectivity index (χ1) is 14.6. The molecule has 0 atom stereocenters. The number of rotatable bonds is 4. The monoisotopic (exact) mass is 456 g/mol. The van der Waals surface area contributed by atoms with Gasteiger partial charge in [-0.2, -0.15) is 0 Å². The van der Waals surface area contributed by atoms with Gasteiger partial charge in [0.25, 0.3) is 17.4 Å². The van der Waals surface area contributed by atoms with E-state index >= 15 is 0 Å². The molecule has 0 saturated heterocycles. The average Bonchev–Trinajstić information content (AvgIpc) is 3.49. The second-order valence-electron chi connectivity index (χ2n) is 6.90. The zero-order chi connectivity index (χ0) is 20.7. The Morgan fingerprint density at radius 1 is 1.20 bits per heavy atom. The third-order valence-electron chi connectivity index (χ3n) is 4.95. The molecule has 4 heterocycles. The molecule has 0 bridgehead atoms. The number of hydrogen-bond acceptors (Lipinski definition) is 7. The van der Waals surface area contributed by atoms with Crippen LogP contribution in [-0.4, -0.2) is 21.4 Å². The van der Waals surface area contributed by atoms with Crippen molar-refractivity contribution < 1.29 is 9.59 Å². The maximum absolute atomic E-state index is 12.9. The highest BCUT2D eigenvalue weighted by atomic mass is 32.1. The zero-order valence-electron chi connectivity index (χ0n) is 15.6. The van der Waals surface area contributed by atoms with Crippen LogP contribution in [0.25, 0.3) is 20.7 Å². The lowest BCUT2D eigenvalue weighted by Crippen LogP contribution is -2.44. The quantitative estimate of drug-likeness (QED) is 0.461. The molecule has 5 rings (SSSR count). The van der Waals surface area contributed by atoms with Crippen molar-refractivity contribution in [2.75, 3.05) is 0 Å². The molecule has 30 heavy (non-hydrogen) atoms. The summed E-state index contributed by atoms with van der Waals surface area (Å²) in [5.41, 5.74) is 6.60. The number of nitrogens with one attached hydrogen (secondary N) is 2. The number of nitrogens with zero attached hydrogens (tertiary/aromatic N) is 2. The van der Waals surface area contributed by atoms with Crippen LogP contribution in [0.15, 0.2) is 40.1 Å². The van der Waals surface area contributed by atoms with Gasteiger partial charge in [-0.05, 0) is 42.3 Å². The molecule has 0 saturated carbocycles. The van der Waals surface area contributed by atoms with Crippen LogP contribution < -0.4 is 16.4 Å². The van der Waals surface area contributed by atoms with E-state index in [0.29, 0.717) is 15.1 Å². The SMILES string of the molecule is O=C(Cn1cnc2scc(-c3cccs3)c2c1=O)NNC(=O)c1cc2c(s1)CCC2. The summed E-state index contributed by atoms with van der Waals surface area (Å²) in [6, 6.07) is 5.77. The van der Waals surface area contributed by atoms with Crippen LogP contribution in [0.5, 0.6) is 0 Å². The van der Waals surface area contributed by atoms with E-state index in [-0.39, 0.29) is 18.0 Å². The van der Waals surface area contributed by atoms with Crippen molar-refractivity contribution in [3.8, 4) is 10.4 Å². The van der Waals surface area contributed by atoms with E-state index in [1.807, 2.05) is 29.0 Å². The van der Waals surface area contributed by atoms with Crippen molar-refractivity contribution in [3.05, 3.63) is 61.0 Å². The summed E-state index contributed by atoms with van der Waals surface area (Å²) in [7, 11) is 0. The summed E-state index contributed by atoms with van der Waals surface area (Å²) in [6.45, 7) is -0.233. The first-order valence-electron chi connectivity index (χ1n) is 9.31. The minimum absolute atomic E-state index is 0.233. The number of aryl methyl sites for hydroxylation is 2. The first-order valence-corrected chi connectivity index (χ1v) is 11.9. The Kier molecular flexibility index (Phi) is 4.97. The van der Waals surface area contributed by atoms with Gasteiger partial charge in [0.1, 0.15) is 11.4 Å². The Hall–Kier alpha value is -2.82. The normalized spacial score (nSPS) is 12.8. The van der Waals surface area contributed by atoms with Gasteiger partial charge in [0.2, 0.25) is 0 Å². The molecule has 0 unspecified atom stereocenters. The summed E-state index contributed by atoms with van der Waals surface area (Å²) < 4.78 is 1.26. The molecule has 0 fully saturated rings. The number of fused-ring (bicyclic) bond motifs is 2. The summed E-state index contributed by atoms with van der Waals surface area (Å²) in [4.78, 5) is 45.3. The van der Waals surface area contributed by atoms with Crippen LogP contribution >= 0.6 is 34.0 Å². The van der Waals surface area contributed by atoms with Crippen molar-refractivity contribution in [3.63, 3.8) is 0 Å². The van der Waals surface area contributed by atoms with E-state index in [1.54, 1.807) is 11.3 Å². The minimum atomic E-state index is -0.497. The molecule has 0 radical (unpaired) electrons. The second-order valence-corrected chi connectivity index (χ2v) is 9.84. The van der Waals surface area contributed by atoms with Gasteiger partial charge in [-0.15, -0.1) is 34.0 Å². The number of thiophene rings is 3. The highest BCUT2D eigenvalue weighted by Gasteiger charge is 2.19. The number of carbonyl (C=O) groups excluding carboxylic acids is 2. The van der Waals surface area contributed by atoms with Gasteiger partial charge in [-0.1, -0.05) is 6.07 Å². The fourth-order valence-electron chi connectivity index (χ4n) is 3.52. The Labute approximate surface area is 183 Å². The lowest BCUT2D eigenvalue weighted by atomic mass is 10.2. The van der Waals surface area contributed by atoms with Crippen molar-refractivity contribution in [1.82, 2.24) is 20.4 Å². The molecule has 4 aromatic heterocycles. The number of carbonyl (C=O) groups is 2. The summed E-state index contributed by atoms with van der Waals surface area (Å²) >= 11 is 4.41. The predicted octanol–water partition coefficient (Wildman–Crippen LogP) is 3.20. The van der Waals surface area contributed by atoms with Crippen LogP contribution in [0.1, 0.15) is 26.5 Å². The third-order valence-corrected chi connectivity index (χ3v) is 7.97. The summed E-state index contributed by atoms with van der Waals surface area (Å²) in [5.74, 6) is -0.843. The first kappa shape index (κ1) is 19.2. The van der Waals surface area contributed by atoms with Crippen LogP contribution in [0.4, 0.5) is 0 Å². The second kappa shape index (κ2) is 7.78. The molecule has 0 aliphatic heterocycles. The van der Waals surface area contributed by atoms with E-state index in [9.17, 15) is 14.4 Å². The Morgan fingerprint density at radius 3 is 2.90 bits per heavy atom. The molecule has 152 valence electrons. The smallest absolute Gasteiger partial charge is 0.279 e. The molecular weight excluding hydrogens is 440 g/mol. The topological polar surface area (TPSA) is 93.1 Å². The van der Waals surface area contributed by atoms with E-state index in [0.717, 1.165) is 29.7 Å². The largest absolute Gasteiger partial charge is 0.289 e. The standard InChI is InChI=1S/C20H16N4O3S3/c25-16(22-23-18(26)15-7-11-3-1-4-13(11)30-15)8-24-10-21-19-17(20(24)27)12(9-29-19)14-5-2-6-28-14/h2,5-7,9-10H,1,3-4,8H2,(H,22,25)(H,23,26). The molecule has 0 aromatic carbocycles. The molecule has 10 heteroatoms. The van der Waals surface area contributed by atoms with Gasteiger partial charge in [0.05, 0.1) is 16.6 Å².